The molecule has 0 radical (unpaired) electrons. The fourth-order valence-corrected chi connectivity index (χ4v) is 1.57. The van der Waals surface area contributed by atoms with E-state index in [1.165, 1.54) is 24.3 Å². The number of aliphatic hydroxyl groups is 1. The van der Waals surface area contributed by atoms with E-state index in [0.717, 1.165) is 13.8 Å². The van der Waals surface area contributed by atoms with Crippen molar-refractivity contribution in [1.82, 2.24) is 5.32 Å². The first-order valence-corrected chi connectivity index (χ1v) is 5.74. The van der Waals surface area contributed by atoms with Crippen molar-refractivity contribution < 1.29 is 23.1 Å². The highest BCUT2D eigenvalue weighted by Crippen LogP contribution is 2.28. The van der Waals surface area contributed by atoms with Crippen molar-refractivity contribution in [2.45, 2.75) is 31.7 Å². The number of hydrogen-bond acceptors (Lipinski definition) is 2. The smallest absolute Gasteiger partial charge is 0.382 e. The highest BCUT2D eigenvalue weighted by atomic mass is 35.5. The van der Waals surface area contributed by atoms with Crippen LogP contribution in [0.3, 0.4) is 0 Å². The standard InChI is InChI=1S/C12H13ClF3NO2/c1-11(2,10(19)12(14,15)16)17-9(18)7-3-5-8(13)6-4-7/h3-6,10,19H,1-2H3,(H,17,18). The predicted octanol–water partition coefficient (Wildman–Crippen LogP) is 2.77. The number of benzene rings is 1. The average molecular weight is 296 g/mol. The third-order valence-corrected chi connectivity index (χ3v) is 2.79. The van der Waals surface area contributed by atoms with Crippen LogP contribution in [0.15, 0.2) is 24.3 Å². The Morgan fingerprint density at radius 2 is 1.74 bits per heavy atom. The Morgan fingerprint density at radius 1 is 1.26 bits per heavy atom. The van der Waals surface area contributed by atoms with Crippen LogP contribution in [-0.4, -0.2) is 28.8 Å². The Bertz CT molecular complexity index is 457. The van der Waals surface area contributed by atoms with E-state index in [9.17, 15) is 23.1 Å². The first-order chi connectivity index (χ1) is 8.54. The molecule has 0 aromatic heterocycles. The van der Waals surface area contributed by atoms with Gasteiger partial charge in [-0.2, -0.15) is 13.2 Å². The minimum absolute atomic E-state index is 0.159. The zero-order chi connectivity index (χ0) is 14.8. The van der Waals surface area contributed by atoms with Crippen molar-refractivity contribution in [2.24, 2.45) is 0 Å². The van der Waals surface area contributed by atoms with Crippen molar-refractivity contribution in [1.29, 1.82) is 0 Å². The molecule has 19 heavy (non-hydrogen) atoms. The van der Waals surface area contributed by atoms with Gasteiger partial charge in [0.2, 0.25) is 0 Å². The second kappa shape index (κ2) is 5.38. The lowest BCUT2D eigenvalue weighted by Crippen LogP contribution is -2.57. The fourth-order valence-electron chi connectivity index (χ4n) is 1.44. The molecule has 0 fully saturated rings. The summed E-state index contributed by atoms with van der Waals surface area (Å²) < 4.78 is 37.3. The van der Waals surface area contributed by atoms with Crippen molar-refractivity contribution in [2.75, 3.05) is 0 Å². The summed E-state index contributed by atoms with van der Waals surface area (Å²) in [6.45, 7) is 2.19. The van der Waals surface area contributed by atoms with Crippen LogP contribution in [-0.2, 0) is 0 Å². The first kappa shape index (κ1) is 15.8. The lowest BCUT2D eigenvalue weighted by atomic mass is 9.96. The Labute approximate surface area is 113 Å². The average Bonchev–Trinajstić information content (AvgIpc) is 2.27. The number of amides is 1. The topological polar surface area (TPSA) is 49.3 Å². The third-order valence-electron chi connectivity index (χ3n) is 2.54. The number of carbonyl (C=O) groups is 1. The van der Waals surface area contributed by atoms with Gasteiger partial charge < -0.3 is 10.4 Å². The van der Waals surface area contributed by atoms with E-state index in [1.807, 2.05) is 0 Å². The predicted molar refractivity (Wildman–Crippen MR) is 65.1 cm³/mol. The van der Waals surface area contributed by atoms with Crippen LogP contribution < -0.4 is 5.32 Å². The Kier molecular flexibility index (Phi) is 4.47. The molecule has 1 atom stereocenters. The van der Waals surface area contributed by atoms with Gasteiger partial charge in [0.1, 0.15) is 0 Å². The lowest BCUT2D eigenvalue weighted by molar-refractivity contribution is -0.222. The van der Waals surface area contributed by atoms with Gasteiger partial charge in [-0.1, -0.05) is 11.6 Å². The van der Waals surface area contributed by atoms with Crippen molar-refractivity contribution in [3.63, 3.8) is 0 Å². The SMILES string of the molecule is CC(C)(NC(=O)c1ccc(Cl)cc1)C(O)C(F)(F)F. The van der Waals surface area contributed by atoms with Crippen LogP contribution in [0.5, 0.6) is 0 Å². The molecule has 1 amide bonds. The van der Waals surface area contributed by atoms with E-state index in [-0.39, 0.29) is 5.56 Å². The van der Waals surface area contributed by atoms with E-state index in [2.05, 4.69) is 5.32 Å². The van der Waals surface area contributed by atoms with Crippen LogP contribution >= 0.6 is 11.6 Å². The van der Waals surface area contributed by atoms with Crippen LogP contribution in [0.1, 0.15) is 24.2 Å². The van der Waals surface area contributed by atoms with E-state index in [1.54, 1.807) is 0 Å². The van der Waals surface area contributed by atoms with Gasteiger partial charge in [0.25, 0.3) is 5.91 Å². The van der Waals surface area contributed by atoms with Crippen LogP contribution in [0.25, 0.3) is 0 Å². The number of nitrogens with one attached hydrogen (secondary N) is 1. The van der Waals surface area contributed by atoms with Crippen molar-refractivity contribution >= 4 is 17.5 Å². The number of alkyl halides is 3. The summed E-state index contributed by atoms with van der Waals surface area (Å²) in [6.07, 6.45) is -7.47. The monoisotopic (exact) mass is 295 g/mol. The van der Waals surface area contributed by atoms with Crippen LogP contribution in [0.4, 0.5) is 13.2 Å². The van der Waals surface area contributed by atoms with E-state index in [0.29, 0.717) is 5.02 Å². The minimum Gasteiger partial charge on any atom is -0.382 e. The molecule has 0 aliphatic rings. The zero-order valence-corrected chi connectivity index (χ0v) is 11.0. The molecular weight excluding hydrogens is 283 g/mol. The van der Waals surface area contributed by atoms with Gasteiger partial charge in [-0.15, -0.1) is 0 Å². The number of aliphatic hydroxyl groups excluding tert-OH is 1. The molecule has 0 saturated heterocycles. The molecule has 1 aromatic rings. The summed E-state index contributed by atoms with van der Waals surface area (Å²) in [4.78, 5) is 11.8. The second-order valence-electron chi connectivity index (χ2n) is 4.63. The Morgan fingerprint density at radius 3 is 2.16 bits per heavy atom. The molecule has 0 saturated carbocycles. The van der Waals surface area contributed by atoms with E-state index < -0.39 is 23.7 Å². The molecule has 0 spiro atoms. The maximum absolute atomic E-state index is 12.4. The van der Waals surface area contributed by atoms with Gasteiger partial charge in [0.05, 0.1) is 5.54 Å². The Balaban J connectivity index is 2.83. The van der Waals surface area contributed by atoms with Crippen molar-refractivity contribution in [3.8, 4) is 0 Å². The molecule has 0 heterocycles. The van der Waals surface area contributed by atoms with Gasteiger partial charge in [-0.25, -0.2) is 0 Å². The number of hydrogen-bond donors (Lipinski definition) is 2. The third kappa shape index (κ3) is 4.11. The summed E-state index contributed by atoms with van der Waals surface area (Å²) in [5.74, 6) is -0.718. The molecule has 0 bridgehead atoms. The maximum Gasteiger partial charge on any atom is 0.416 e. The van der Waals surface area contributed by atoms with E-state index in [4.69, 9.17) is 11.6 Å². The summed E-state index contributed by atoms with van der Waals surface area (Å²) in [7, 11) is 0. The molecule has 1 rings (SSSR count). The summed E-state index contributed by atoms with van der Waals surface area (Å²) in [5.41, 5.74) is -1.68. The molecular formula is C12H13ClF3NO2. The van der Waals surface area contributed by atoms with Crippen LogP contribution in [0, 0.1) is 0 Å². The molecule has 0 aliphatic carbocycles. The number of carbonyl (C=O) groups excluding carboxylic acids is 1. The van der Waals surface area contributed by atoms with E-state index >= 15 is 0 Å². The van der Waals surface area contributed by atoms with Crippen LogP contribution in [0.2, 0.25) is 5.02 Å². The molecule has 3 nitrogen and oxygen atoms in total. The molecule has 1 aromatic carbocycles. The normalized spacial score (nSPS) is 14.1. The lowest BCUT2D eigenvalue weighted by Gasteiger charge is -2.32. The van der Waals surface area contributed by atoms with Gasteiger partial charge >= 0.3 is 6.18 Å². The molecule has 0 aliphatic heterocycles. The highest BCUT2D eigenvalue weighted by molar-refractivity contribution is 6.30. The quantitative estimate of drug-likeness (QED) is 0.901. The zero-order valence-electron chi connectivity index (χ0n) is 10.3. The summed E-state index contributed by atoms with van der Waals surface area (Å²) in [6, 6.07) is 5.66. The van der Waals surface area contributed by atoms with Gasteiger partial charge in [-0.3, -0.25) is 4.79 Å². The molecule has 106 valence electrons. The summed E-state index contributed by atoms with van der Waals surface area (Å²) >= 11 is 5.64. The minimum atomic E-state index is -4.81. The molecule has 1 unspecified atom stereocenters. The fraction of sp³-hybridized carbons (Fsp3) is 0.417. The van der Waals surface area contributed by atoms with Gasteiger partial charge in [0.15, 0.2) is 6.10 Å². The second-order valence-corrected chi connectivity index (χ2v) is 5.06. The highest BCUT2D eigenvalue weighted by Gasteiger charge is 2.48. The first-order valence-electron chi connectivity index (χ1n) is 5.37. The molecule has 7 heteroatoms. The van der Waals surface area contributed by atoms with Crippen molar-refractivity contribution in [3.05, 3.63) is 34.9 Å². The summed E-state index contributed by atoms with van der Waals surface area (Å²) in [5, 5.41) is 11.7. The number of rotatable bonds is 3. The maximum atomic E-state index is 12.4. The van der Waals surface area contributed by atoms with Gasteiger partial charge in [-0.05, 0) is 38.1 Å². The van der Waals surface area contributed by atoms with Gasteiger partial charge in [0, 0.05) is 10.6 Å². The largest absolute Gasteiger partial charge is 0.416 e. The number of halogens is 4. The molecule has 2 N–H and O–H groups in total. The Hall–Kier alpha value is -1.27.